The highest BCUT2D eigenvalue weighted by atomic mass is 79.9. The van der Waals surface area contributed by atoms with Crippen LogP contribution in [0.3, 0.4) is 0 Å². The van der Waals surface area contributed by atoms with Gasteiger partial charge in [-0.3, -0.25) is 4.79 Å². The standard InChI is InChI=1S/C20H12BrNO2S/c21-14-7-5-13(6-8-14)17(23)11-9-15-10-12-18(24-15)20-22-16-3-1-2-4-19(16)25-20/h1-12H. The molecule has 0 N–H and O–H groups in total. The zero-order valence-electron chi connectivity index (χ0n) is 13.0. The molecule has 3 nitrogen and oxygen atoms in total. The van der Waals surface area contributed by atoms with Gasteiger partial charge in [-0.1, -0.05) is 28.1 Å². The van der Waals surface area contributed by atoms with E-state index in [1.807, 2.05) is 48.5 Å². The number of ketones is 1. The minimum atomic E-state index is -0.0644. The summed E-state index contributed by atoms with van der Waals surface area (Å²) in [5.74, 6) is 1.27. The van der Waals surface area contributed by atoms with Gasteiger partial charge in [0.2, 0.25) is 0 Å². The van der Waals surface area contributed by atoms with Gasteiger partial charge in [0.15, 0.2) is 16.6 Å². The Labute approximate surface area is 156 Å². The Kier molecular flexibility index (Phi) is 4.34. The monoisotopic (exact) mass is 409 g/mol. The molecule has 0 unspecified atom stereocenters. The summed E-state index contributed by atoms with van der Waals surface area (Å²) in [7, 11) is 0. The highest BCUT2D eigenvalue weighted by Crippen LogP contribution is 2.31. The van der Waals surface area contributed by atoms with Crippen molar-refractivity contribution in [3.8, 4) is 10.8 Å². The molecule has 0 spiro atoms. The van der Waals surface area contributed by atoms with Crippen molar-refractivity contribution in [1.29, 1.82) is 0 Å². The Morgan fingerprint density at radius 1 is 1.04 bits per heavy atom. The van der Waals surface area contributed by atoms with Gasteiger partial charge >= 0.3 is 0 Å². The zero-order valence-corrected chi connectivity index (χ0v) is 15.4. The molecule has 0 bridgehead atoms. The number of fused-ring (bicyclic) bond motifs is 1. The van der Waals surface area contributed by atoms with Crippen LogP contribution < -0.4 is 0 Å². The number of furan rings is 1. The van der Waals surface area contributed by atoms with E-state index in [0.29, 0.717) is 17.1 Å². The lowest BCUT2D eigenvalue weighted by molar-refractivity contribution is 0.104. The summed E-state index contributed by atoms with van der Waals surface area (Å²) in [5, 5.41) is 0.833. The van der Waals surface area contributed by atoms with Crippen molar-refractivity contribution < 1.29 is 9.21 Å². The largest absolute Gasteiger partial charge is 0.454 e. The lowest BCUT2D eigenvalue weighted by Crippen LogP contribution is -1.92. The molecule has 0 saturated heterocycles. The Bertz CT molecular complexity index is 1040. The van der Waals surface area contributed by atoms with Crippen LogP contribution in [0.15, 0.2) is 75.6 Å². The van der Waals surface area contributed by atoms with Crippen LogP contribution in [0.2, 0.25) is 0 Å². The second-order valence-electron chi connectivity index (χ2n) is 5.39. The molecular weight excluding hydrogens is 398 g/mol. The third-order valence-electron chi connectivity index (χ3n) is 3.66. The van der Waals surface area contributed by atoms with Gasteiger partial charge in [0.1, 0.15) is 5.76 Å². The SMILES string of the molecule is O=C(C=Cc1ccc(-c2nc3ccccc3s2)o1)c1ccc(Br)cc1. The van der Waals surface area contributed by atoms with Crippen molar-refractivity contribution in [3.05, 3.63) is 82.5 Å². The highest BCUT2D eigenvalue weighted by molar-refractivity contribution is 9.10. The van der Waals surface area contributed by atoms with E-state index >= 15 is 0 Å². The van der Waals surface area contributed by atoms with Crippen molar-refractivity contribution in [2.24, 2.45) is 0 Å². The molecule has 0 aliphatic heterocycles. The molecule has 4 aromatic rings. The predicted molar refractivity (Wildman–Crippen MR) is 105 cm³/mol. The average molecular weight is 410 g/mol. The molecule has 0 fully saturated rings. The van der Waals surface area contributed by atoms with Crippen LogP contribution in [0.4, 0.5) is 0 Å². The van der Waals surface area contributed by atoms with Crippen LogP contribution in [0, 0.1) is 0 Å². The van der Waals surface area contributed by atoms with Crippen LogP contribution >= 0.6 is 27.3 Å². The molecule has 0 amide bonds. The van der Waals surface area contributed by atoms with Gasteiger partial charge in [0, 0.05) is 10.0 Å². The number of carbonyl (C=O) groups is 1. The number of benzene rings is 2. The maximum atomic E-state index is 12.2. The molecular formula is C20H12BrNO2S. The van der Waals surface area contributed by atoms with Gasteiger partial charge < -0.3 is 4.42 Å². The number of rotatable bonds is 4. The second-order valence-corrected chi connectivity index (χ2v) is 7.34. The molecule has 0 aliphatic rings. The van der Waals surface area contributed by atoms with Crippen molar-refractivity contribution in [2.75, 3.05) is 0 Å². The van der Waals surface area contributed by atoms with Crippen LogP contribution in [-0.2, 0) is 0 Å². The summed E-state index contributed by atoms with van der Waals surface area (Å²) in [6.07, 6.45) is 3.20. The summed E-state index contributed by atoms with van der Waals surface area (Å²) >= 11 is 4.94. The number of thiazole rings is 1. The van der Waals surface area contributed by atoms with Gasteiger partial charge in [0.05, 0.1) is 10.2 Å². The number of halogens is 1. The fourth-order valence-electron chi connectivity index (χ4n) is 2.40. The van der Waals surface area contributed by atoms with Crippen LogP contribution in [0.25, 0.3) is 27.1 Å². The Morgan fingerprint density at radius 2 is 1.84 bits per heavy atom. The molecule has 25 heavy (non-hydrogen) atoms. The number of allylic oxidation sites excluding steroid dienone is 1. The average Bonchev–Trinajstić information content (AvgIpc) is 3.26. The molecule has 2 heterocycles. The van der Waals surface area contributed by atoms with E-state index in [-0.39, 0.29) is 5.78 Å². The zero-order chi connectivity index (χ0) is 17.2. The topological polar surface area (TPSA) is 43.1 Å². The molecule has 2 aromatic carbocycles. The van der Waals surface area contributed by atoms with Crippen molar-refractivity contribution in [1.82, 2.24) is 4.98 Å². The van der Waals surface area contributed by atoms with Gasteiger partial charge in [0.25, 0.3) is 0 Å². The molecule has 5 heteroatoms. The summed E-state index contributed by atoms with van der Waals surface area (Å²) < 4.78 is 7.87. The predicted octanol–water partition coefficient (Wildman–Crippen LogP) is 6.21. The Balaban J connectivity index is 1.54. The molecule has 0 atom stereocenters. The first kappa shape index (κ1) is 16.0. The Hall–Kier alpha value is -2.50. The minimum Gasteiger partial charge on any atom is -0.454 e. The van der Waals surface area contributed by atoms with E-state index in [4.69, 9.17) is 4.42 Å². The van der Waals surface area contributed by atoms with Crippen molar-refractivity contribution in [3.63, 3.8) is 0 Å². The molecule has 2 aromatic heterocycles. The first-order valence-corrected chi connectivity index (χ1v) is 9.24. The van der Waals surface area contributed by atoms with Crippen LogP contribution in [0.1, 0.15) is 16.1 Å². The molecule has 4 rings (SSSR count). The summed E-state index contributed by atoms with van der Waals surface area (Å²) in [5.41, 5.74) is 1.60. The van der Waals surface area contributed by atoms with Gasteiger partial charge in [-0.05, 0) is 60.7 Å². The number of hydrogen-bond donors (Lipinski definition) is 0. The third-order valence-corrected chi connectivity index (χ3v) is 5.24. The van der Waals surface area contributed by atoms with E-state index in [9.17, 15) is 4.79 Å². The number of para-hydroxylation sites is 1. The van der Waals surface area contributed by atoms with E-state index in [1.165, 1.54) is 6.08 Å². The lowest BCUT2D eigenvalue weighted by atomic mass is 10.1. The molecule has 0 saturated carbocycles. The number of hydrogen-bond acceptors (Lipinski definition) is 4. The fraction of sp³-hybridized carbons (Fsp3) is 0. The lowest BCUT2D eigenvalue weighted by Gasteiger charge is -1.95. The third kappa shape index (κ3) is 3.48. The summed E-state index contributed by atoms with van der Waals surface area (Å²) in [6, 6.07) is 19.0. The molecule has 122 valence electrons. The van der Waals surface area contributed by atoms with E-state index < -0.39 is 0 Å². The van der Waals surface area contributed by atoms with Gasteiger partial charge in [-0.25, -0.2) is 4.98 Å². The Morgan fingerprint density at radius 3 is 2.64 bits per heavy atom. The van der Waals surface area contributed by atoms with Gasteiger partial charge in [-0.15, -0.1) is 11.3 Å². The summed E-state index contributed by atoms with van der Waals surface area (Å²) in [4.78, 5) is 16.7. The van der Waals surface area contributed by atoms with Crippen LogP contribution in [-0.4, -0.2) is 10.8 Å². The fourth-order valence-corrected chi connectivity index (χ4v) is 3.59. The number of aromatic nitrogens is 1. The first-order valence-electron chi connectivity index (χ1n) is 7.63. The van der Waals surface area contributed by atoms with Crippen molar-refractivity contribution >= 4 is 49.3 Å². The smallest absolute Gasteiger partial charge is 0.185 e. The van der Waals surface area contributed by atoms with Crippen LogP contribution in [0.5, 0.6) is 0 Å². The minimum absolute atomic E-state index is 0.0644. The van der Waals surface area contributed by atoms with Crippen molar-refractivity contribution in [2.45, 2.75) is 0 Å². The second kappa shape index (κ2) is 6.78. The number of carbonyl (C=O) groups excluding carboxylic acids is 1. The highest BCUT2D eigenvalue weighted by Gasteiger charge is 2.09. The summed E-state index contributed by atoms with van der Waals surface area (Å²) in [6.45, 7) is 0. The van der Waals surface area contributed by atoms with E-state index in [1.54, 1.807) is 29.5 Å². The molecule has 0 radical (unpaired) electrons. The van der Waals surface area contributed by atoms with E-state index in [0.717, 1.165) is 19.7 Å². The maximum Gasteiger partial charge on any atom is 0.185 e. The maximum absolute atomic E-state index is 12.2. The quantitative estimate of drug-likeness (QED) is 0.297. The normalized spacial score (nSPS) is 11.4. The van der Waals surface area contributed by atoms with Gasteiger partial charge in [-0.2, -0.15) is 0 Å². The first-order chi connectivity index (χ1) is 12.2. The number of nitrogens with zero attached hydrogens (tertiary/aromatic N) is 1. The molecule has 0 aliphatic carbocycles. The van der Waals surface area contributed by atoms with E-state index in [2.05, 4.69) is 20.9 Å².